The van der Waals surface area contributed by atoms with E-state index in [1.54, 1.807) is 11.0 Å². The first-order valence-electron chi connectivity index (χ1n) is 7.40. The summed E-state index contributed by atoms with van der Waals surface area (Å²) >= 11 is 7.59. The molecule has 23 heavy (non-hydrogen) atoms. The van der Waals surface area contributed by atoms with E-state index in [0.29, 0.717) is 28.3 Å². The van der Waals surface area contributed by atoms with E-state index in [1.165, 1.54) is 22.2 Å². The van der Waals surface area contributed by atoms with Crippen molar-refractivity contribution in [2.45, 2.75) is 20.4 Å². The van der Waals surface area contributed by atoms with Crippen molar-refractivity contribution in [3.05, 3.63) is 39.9 Å². The topological polar surface area (TPSA) is 55.2 Å². The van der Waals surface area contributed by atoms with Gasteiger partial charge in [-0.05, 0) is 26.0 Å². The van der Waals surface area contributed by atoms with Crippen molar-refractivity contribution in [1.82, 2.24) is 14.5 Å². The summed E-state index contributed by atoms with van der Waals surface area (Å²) in [5.74, 6) is -0.0857. The van der Waals surface area contributed by atoms with Gasteiger partial charge in [-0.2, -0.15) is 0 Å². The molecule has 0 radical (unpaired) electrons. The number of benzene rings is 1. The molecule has 0 bridgehead atoms. The zero-order chi connectivity index (χ0) is 16.6. The lowest BCUT2D eigenvalue weighted by molar-refractivity contribution is -0.131. The van der Waals surface area contributed by atoms with E-state index >= 15 is 0 Å². The highest BCUT2D eigenvalue weighted by atomic mass is 35.5. The van der Waals surface area contributed by atoms with E-state index in [9.17, 15) is 9.59 Å². The second-order valence-corrected chi connectivity index (χ2v) is 6.60. The molecule has 1 amide bonds. The number of hydrogen-bond donors (Lipinski definition) is 0. The maximum Gasteiger partial charge on any atom is 0.271 e. The molecule has 2 heterocycles. The van der Waals surface area contributed by atoms with Gasteiger partial charge < -0.3 is 4.90 Å². The van der Waals surface area contributed by atoms with E-state index < -0.39 is 0 Å². The Hall–Kier alpha value is -1.92. The summed E-state index contributed by atoms with van der Waals surface area (Å²) in [6.45, 7) is 5.08. The third-order valence-electron chi connectivity index (χ3n) is 3.84. The van der Waals surface area contributed by atoms with Crippen molar-refractivity contribution in [2.75, 3.05) is 13.1 Å². The molecule has 0 aliphatic rings. The predicted octanol–water partition coefficient (Wildman–Crippen LogP) is 3.13. The molecular formula is C16H16ClN3O2S. The van der Waals surface area contributed by atoms with E-state index in [0.717, 1.165) is 10.1 Å². The average molecular weight is 350 g/mol. The van der Waals surface area contributed by atoms with Crippen LogP contribution >= 0.6 is 22.9 Å². The van der Waals surface area contributed by atoms with Crippen molar-refractivity contribution < 1.29 is 4.79 Å². The maximum atomic E-state index is 12.7. The quantitative estimate of drug-likeness (QED) is 0.727. The molecule has 2 aromatic heterocycles. The molecule has 0 N–H and O–H groups in total. The number of carbonyl (C=O) groups excluding carboxylic acids is 1. The molecule has 0 unspecified atom stereocenters. The second kappa shape index (κ2) is 6.29. The van der Waals surface area contributed by atoms with Crippen LogP contribution in [0.25, 0.3) is 20.3 Å². The molecule has 0 saturated carbocycles. The number of amides is 1. The minimum absolute atomic E-state index is 0.00539. The van der Waals surface area contributed by atoms with Crippen LogP contribution in [0.15, 0.2) is 29.3 Å². The molecule has 0 aliphatic carbocycles. The summed E-state index contributed by atoms with van der Waals surface area (Å²) in [7, 11) is 0. The zero-order valence-electron chi connectivity index (χ0n) is 12.9. The average Bonchev–Trinajstić information content (AvgIpc) is 2.92. The Kier molecular flexibility index (Phi) is 4.37. The Morgan fingerprint density at radius 1 is 1.35 bits per heavy atom. The van der Waals surface area contributed by atoms with Crippen LogP contribution in [-0.4, -0.2) is 33.4 Å². The molecule has 0 saturated heterocycles. The van der Waals surface area contributed by atoms with Crippen LogP contribution in [0.3, 0.4) is 0 Å². The number of rotatable bonds is 4. The van der Waals surface area contributed by atoms with Crippen LogP contribution in [0.4, 0.5) is 0 Å². The van der Waals surface area contributed by atoms with Crippen LogP contribution in [0.1, 0.15) is 13.8 Å². The monoisotopic (exact) mass is 349 g/mol. The van der Waals surface area contributed by atoms with Crippen molar-refractivity contribution in [2.24, 2.45) is 0 Å². The highest BCUT2D eigenvalue weighted by Gasteiger charge is 2.16. The van der Waals surface area contributed by atoms with Gasteiger partial charge in [-0.3, -0.25) is 14.2 Å². The van der Waals surface area contributed by atoms with Gasteiger partial charge in [0.15, 0.2) is 0 Å². The molecule has 0 aliphatic heterocycles. The highest BCUT2D eigenvalue weighted by Crippen LogP contribution is 2.34. The van der Waals surface area contributed by atoms with Crippen LogP contribution in [0.2, 0.25) is 5.02 Å². The number of thiophene rings is 1. The van der Waals surface area contributed by atoms with Crippen LogP contribution < -0.4 is 5.56 Å². The Balaban J connectivity index is 2.10. The summed E-state index contributed by atoms with van der Waals surface area (Å²) in [5.41, 5.74) is 0.403. The highest BCUT2D eigenvalue weighted by molar-refractivity contribution is 7.25. The fourth-order valence-electron chi connectivity index (χ4n) is 2.60. The summed E-state index contributed by atoms with van der Waals surface area (Å²) in [6, 6.07) is 5.55. The van der Waals surface area contributed by atoms with Gasteiger partial charge in [0.05, 0.1) is 16.9 Å². The van der Waals surface area contributed by atoms with Crippen molar-refractivity contribution in [3.8, 4) is 0 Å². The van der Waals surface area contributed by atoms with Gasteiger partial charge >= 0.3 is 0 Å². The molecule has 0 spiro atoms. The number of aromatic nitrogens is 2. The van der Waals surface area contributed by atoms with Crippen LogP contribution in [-0.2, 0) is 11.3 Å². The van der Waals surface area contributed by atoms with Gasteiger partial charge in [-0.1, -0.05) is 17.7 Å². The van der Waals surface area contributed by atoms with Gasteiger partial charge in [0.25, 0.3) is 5.56 Å². The van der Waals surface area contributed by atoms with Gasteiger partial charge in [0.1, 0.15) is 11.2 Å². The molecule has 120 valence electrons. The zero-order valence-corrected chi connectivity index (χ0v) is 14.4. The standard InChI is InChI=1S/C16H16ClN3O2S/c1-3-19(4-2)12(21)8-20-9-18-14-13-10(17)6-5-7-11(13)23-15(14)16(20)22/h5-7,9H,3-4,8H2,1-2H3. The number of likely N-dealkylation sites (N-methyl/N-ethyl adjacent to an activating group) is 1. The molecule has 5 nitrogen and oxygen atoms in total. The first kappa shape index (κ1) is 16.0. The predicted molar refractivity (Wildman–Crippen MR) is 94.3 cm³/mol. The summed E-state index contributed by atoms with van der Waals surface area (Å²) in [6.07, 6.45) is 1.43. The Morgan fingerprint density at radius 2 is 2.09 bits per heavy atom. The molecular weight excluding hydrogens is 334 g/mol. The van der Waals surface area contributed by atoms with Gasteiger partial charge in [-0.15, -0.1) is 11.3 Å². The minimum Gasteiger partial charge on any atom is -0.342 e. The minimum atomic E-state index is -0.201. The van der Waals surface area contributed by atoms with Crippen LogP contribution in [0.5, 0.6) is 0 Å². The van der Waals surface area contributed by atoms with Gasteiger partial charge in [0, 0.05) is 23.2 Å². The molecule has 3 aromatic rings. The van der Waals surface area contributed by atoms with E-state index in [2.05, 4.69) is 4.98 Å². The number of fused-ring (bicyclic) bond motifs is 3. The van der Waals surface area contributed by atoms with E-state index in [4.69, 9.17) is 11.6 Å². The molecule has 3 rings (SSSR count). The molecule has 0 fully saturated rings. The number of halogens is 1. The van der Waals surface area contributed by atoms with Gasteiger partial charge in [-0.25, -0.2) is 4.98 Å². The third kappa shape index (κ3) is 2.72. The SMILES string of the molecule is CCN(CC)C(=O)Cn1cnc2c(sc3cccc(Cl)c32)c1=O. The largest absolute Gasteiger partial charge is 0.342 e. The summed E-state index contributed by atoms with van der Waals surface area (Å²) in [4.78, 5) is 30.9. The lowest BCUT2D eigenvalue weighted by Crippen LogP contribution is -2.36. The number of hydrogen-bond acceptors (Lipinski definition) is 4. The Labute approximate surface area is 142 Å². The first-order valence-corrected chi connectivity index (χ1v) is 8.60. The normalized spacial score (nSPS) is 11.3. The summed E-state index contributed by atoms with van der Waals surface area (Å²) in [5, 5.41) is 1.38. The number of carbonyl (C=O) groups is 1. The molecule has 0 atom stereocenters. The van der Waals surface area contributed by atoms with E-state index in [1.807, 2.05) is 26.0 Å². The third-order valence-corrected chi connectivity index (χ3v) is 5.29. The molecule has 1 aromatic carbocycles. The Bertz CT molecular complexity index is 944. The van der Waals surface area contributed by atoms with Crippen molar-refractivity contribution >= 4 is 49.1 Å². The van der Waals surface area contributed by atoms with Crippen molar-refractivity contribution in [3.63, 3.8) is 0 Å². The van der Waals surface area contributed by atoms with Crippen LogP contribution in [0, 0.1) is 0 Å². The van der Waals surface area contributed by atoms with E-state index in [-0.39, 0.29) is 18.0 Å². The lowest BCUT2D eigenvalue weighted by Gasteiger charge is -2.18. The molecule has 7 heteroatoms. The maximum absolute atomic E-state index is 12.7. The first-order chi connectivity index (χ1) is 11.1. The Morgan fingerprint density at radius 3 is 2.78 bits per heavy atom. The fourth-order valence-corrected chi connectivity index (χ4v) is 4.06. The number of nitrogens with zero attached hydrogens (tertiary/aromatic N) is 3. The lowest BCUT2D eigenvalue weighted by atomic mass is 10.2. The smallest absolute Gasteiger partial charge is 0.271 e. The fraction of sp³-hybridized carbons (Fsp3) is 0.312. The second-order valence-electron chi connectivity index (χ2n) is 5.14. The van der Waals surface area contributed by atoms with Gasteiger partial charge in [0.2, 0.25) is 5.91 Å². The summed E-state index contributed by atoms with van der Waals surface area (Å²) < 4.78 is 2.82. The van der Waals surface area contributed by atoms with Crippen molar-refractivity contribution in [1.29, 1.82) is 0 Å².